The van der Waals surface area contributed by atoms with E-state index >= 15 is 0 Å². The third kappa shape index (κ3) is 5.60. The zero-order chi connectivity index (χ0) is 19.2. The van der Waals surface area contributed by atoms with Crippen molar-refractivity contribution in [1.82, 2.24) is 0 Å². The number of alkyl halides is 3. The van der Waals surface area contributed by atoms with E-state index in [1.54, 1.807) is 0 Å². The Morgan fingerprint density at radius 1 is 1.23 bits per heavy atom. The molecule has 26 heavy (non-hydrogen) atoms. The van der Waals surface area contributed by atoms with Crippen molar-refractivity contribution in [3.05, 3.63) is 23.8 Å². The van der Waals surface area contributed by atoms with Gasteiger partial charge in [0, 0.05) is 20.2 Å². The van der Waals surface area contributed by atoms with E-state index in [0.29, 0.717) is 32.0 Å². The molecule has 1 aromatic rings. The minimum Gasteiger partial charge on any atom is -0.454 e. The van der Waals surface area contributed by atoms with Gasteiger partial charge in [-0.25, -0.2) is 4.79 Å². The molecule has 1 aromatic carbocycles. The number of hydrogen-bond acceptors (Lipinski definition) is 6. The summed E-state index contributed by atoms with van der Waals surface area (Å²) in [5.41, 5.74) is -0.450. The molecule has 1 fully saturated rings. The quantitative estimate of drug-likeness (QED) is 0.762. The Hall–Kier alpha value is -2.33. The van der Waals surface area contributed by atoms with E-state index in [-0.39, 0.29) is 12.3 Å². The lowest BCUT2D eigenvalue weighted by Gasteiger charge is -2.31. The Kier molecular flexibility index (Phi) is 6.81. The molecular weight excluding hydrogens is 357 g/mol. The van der Waals surface area contributed by atoms with Crippen molar-refractivity contribution in [1.29, 1.82) is 0 Å². The summed E-state index contributed by atoms with van der Waals surface area (Å²) in [6, 6.07) is 3.12. The van der Waals surface area contributed by atoms with Crippen molar-refractivity contribution in [2.24, 2.45) is 0 Å². The van der Waals surface area contributed by atoms with Crippen LogP contribution in [0.2, 0.25) is 0 Å². The van der Waals surface area contributed by atoms with Crippen LogP contribution in [0.25, 0.3) is 0 Å². The van der Waals surface area contributed by atoms with Crippen LogP contribution in [-0.4, -0.2) is 58.5 Å². The van der Waals surface area contributed by atoms with E-state index in [1.807, 2.05) is 4.90 Å². The number of hydrogen-bond donors (Lipinski definition) is 1. The second-order valence-electron chi connectivity index (χ2n) is 5.47. The molecule has 0 atom stereocenters. The molecule has 0 saturated carbocycles. The van der Waals surface area contributed by atoms with E-state index < -0.39 is 30.2 Å². The summed E-state index contributed by atoms with van der Waals surface area (Å²) in [5, 5.41) is 2.38. The number of carbonyl (C=O) groups is 2. The Balaban J connectivity index is 2.16. The van der Waals surface area contributed by atoms with Gasteiger partial charge >= 0.3 is 12.1 Å². The molecule has 1 aliphatic rings. The summed E-state index contributed by atoms with van der Waals surface area (Å²) in [5.74, 6) is -1.50. The van der Waals surface area contributed by atoms with Gasteiger partial charge in [0.05, 0.1) is 30.2 Å². The number of morpholine rings is 1. The molecule has 1 aliphatic heterocycles. The van der Waals surface area contributed by atoms with Crippen molar-refractivity contribution in [3.63, 3.8) is 0 Å². The Bertz CT molecular complexity index is 645. The van der Waals surface area contributed by atoms with E-state index in [0.717, 1.165) is 12.1 Å². The first-order chi connectivity index (χ1) is 12.3. The zero-order valence-electron chi connectivity index (χ0n) is 14.1. The van der Waals surface area contributed by atoms with Crippen molar-refractivity contribution >= 4 is 23.3 Å². The van der Waals surface area contributed by atoms with Crippen molar-refractivity contribution in [2.75, 3.05) is 56.8 Å². The highest BCUT2D eigenvalue weighted by Gasteiger charge is 2.32. The predicted octanol–water partition coefficient (Wildman–Crippen LogP) is 1.67. The molecule has 144 valence electrons. The Labute approximate surface area is 148 Å². The molecule has 0 bridgehead atoms. The van der Waals surface area contributed by atoms with Crippen LogP contribution in [0.1, 0.15) is 5.56 Å². The Morgan fingerprint density at radius 3 is 2.54 bits per heavy atom. The van der Waals surface area contributed by atoms with Gasteiger partial charge in [0.2, 0.25) is 0 Å². The molecule has 0 unspecified atom stereocenters. The molecule has 2 rings (SSSR count). The predicted molar refractivity (Wildman–Crippen MR) is 85.9 cm³/mol. The molecular formula is C16H19F3N2O5. The fourth-order valence-corrected chi connectivity index (χ4v) is 2.38. The topological polar surface area (TPSA) is 77.1 Å². The summed E-state index contributed by atoms with van der Waals surface area (Å²) in [6.07, 6.45) is -4.55. The van der Waals surface area contributed by atoms with Gasteiger partial charge in [0.1, 0.15) is 6.61 Å². The van der Waals surface area contributed by atoms with Crippen LogP contribution in [0.3, 0.4) is 0 Å². The fourth-order valence-electron chi connectivity index (χ4n) is 2.38. The van der Waals surface area contributed by atoms with Gasteiger partial charge in [0.15, 0.2) is 6.61 Å². The van der Waals surface area contributed by atoms with E-state index in [4.69, 9.17) is 4.74 Å². The van der Waals surface area contributed by atoms with Gasteiger partial charge in [-0.05, 0) is 18.2 Å². The highest BCUT2D eigenvalue weighted by atomic mass is 19.4. The van der Waals surface area contributed by atoms with Crippen molar-refractivity contribution < 1.29 is 37.0 Å². The first-order valence-electron chi connectivity index (χ1n) is 7.79. The van der Waals surface area contributed by atoms with Gasteiger partial charge < -0.3 is 24.4 Å². The zero-order valence-corrected chi connectivity index (χ0v) is 14.1. The number of anilines is 2. The third-order valence-electron chi connectivity index (χ3n) is 3.58. The number of halogens is 3. The lowest BCUT2D eigenvalue weighted by atomic mass is 10.1. The number of amides is 1. The molecule has 1 heterocycles. The SMILES string of the molecule is COCC(=O)OCC(=O)Nc1cc(C(F)(F)F)ccc1N1CCOCC1. The molecule has 7 nitrogen and oxygen atoms in total. The molecule has 0 spiro atoms. The average molecular weight is 376 g/mol. The van der Waals surface area contributed by atoms with Gasteiger partial charge in [0.25, 0.3) is 5.91 Å². The van der Waals surface area contributed by atoms with Crippen molar-refractivity contribution in [3.8, 4) is 0 Å². The molecule has 10 heteroatoms. The molecule has 1 amide bonds. The number of methoxy groups -OCH3 is 1. The largest absolute Gasteiger partial charge is 0.454 e. The van der Waals surface area contributed by atoms with Gasteiger partial charge in [-0.15, -0.1) is 0 Å². The molecule has 0 radical (unpaired) electrons. The molecule has 0 aromatic heterocycles. The van der Waals surface area contributed by atoms with Crippen LogP contribution in [0.15, 0.2) is 18.2 Å². The summed E-state index contributed by atoms with van der Waals surface area (Å²) in [4.78, 5) is 25.0. The smallest absolute Gasteiger partial charge is 0.416 e. The second kappa shape index (κ2) is 8.86. The van der Waals surface area contributed by atoms with E-state index in [9.17, 15) is 22.8 Å². The van der Waals surface area contributed by atoms with Crippen LogP contribution >= 0.6 is 0 Å². The highest BCUT2D eigenvalue weighted by Crippen LogP contribution is 2.35. The van der Waals surface area contributed by atoms with E-state index in [1.165, 1.54) is 13.2 Å². The molecule has 1 saturated heterocycles. The lowest BCUT2D eigenvalue weighted by Crippen LogP contribution is -2.37. The molecule has 0 aliphatic carbocycles. The first-order valence-corrected chi connectivity index (χ1v) is 7.79. The Morgan fingerprint density at radius 2 is 1.92 bits per heavy atom. The number of ether oxygens (including phenoxy) is 3. The fraction of sp³-hybridized carbons (Fsp3) is 0.500. The monoisotopic (exact) mass is 376 g/mol. The average Bonchev–Trinajstić information content (AvgIpc) is 2.60. The number of esters is 1. The van der Waals surface area contributed by atoms with Crippen LogP contribution in [0.5, 0.6) is 0 Å². The number of carbonyl (C=O) groups excluding carboxylic acids is 2. The maximum atomic E-state index is 13.0. The minimum absolute atomic E-state index is 0.00508. The standard InChI is InChI=1S/C16H19F3N2O5/c1-24-10-15(23)26-9-14(22)20-12-8-11(16(17,18)19)2-3-13(12)21-4-6-25-7-5-21/h2-3,8H,4-7,9-10H2,1H3,(H,20,22). The summed E-state index contributed by atoms with van der Waals surface area (Å²) in [7, 11) is 1.29. The maximum absolute atomic E-state index is 13.0. The van der Waals surface area contributed by atoms with Crippen molar-refractivity contribution in [2.45, 2.75) is 6.18 Å². The van der Waals surface area contributed by atoms with Crippen LogP contribution in [0, 0.1) is 0 Å². The highest BCUT2D eigenvalue weighted by molar-refractivity contribution is 5.96. The minimum atomic E-state index is -4.55. The first kappa shape index (κ1) is 20.0. The number of benzene rings is 1. The number of rotatable bonds is 6. The van der Waals surface area contributed by atoms with Gasteiger partial charge in [-0.2, -0.15) is 13.2 Å². The number of nitrogens with one attached hydrogen (secondary N) is 1. The summed E-state index contributed by atoms with van der Waals surface area (Å²) >= 11 is 0. The third-order valence-corrected chi connectivity index (χ3v) is 3.58. The van der Waals surface area contributed by atoms with Crippen LogP contribution in [0.4, 0.5) is 24.5 Å². The maximum Gasteiger partial charge on any atom is 0.416 e. The molecule has 1 N–H and O–H groups in total. The van der Waals surface area contributed by atoms with Crippen LogP contribution < -0.4 is 10.2 Å². The number of nitrogens with zero attached hydrogens (tertiary/aromatic N) is 1. The second-order valence-corrected chi connectivity index (χ2v) is 5.47. The van der Waals surface area contributed by atoms with Gasteiger partial charge in [-0.3, -0.25) is 4.79 Å². The van der Waals surface area contributed by atoms with Gasteiger partial charge in [-0.1, -0.05) is 0 Å². The normalized spacial score (nSPS) is 14.8. The lowest BCUT2D eigenvalue weighted by molar-refractivity contribution is -0.150. The summed E-state index contributed by atoms with van der Waals surface area (Å²) < 4.78 is 53.4. The van der Waals surface area contributed by atoms with Crippen LogP contribution in [-0.2, 0) is 30.0 Å². The van der Waals surface area contributed by atoms with E-state index in [2.05, 4.69) is 14.8 Å². The summed E-state index contributed by atoms with van der Waals surface area (Å²) in [6.45, 7) is 0.886.